The zero-order valence-electron chi connectivity index (χ0n) is 14.1. The molecule has 0 bridgehead atoms. The molecule has 0 radical (unpaired) electrons. The van der Waals surface area contributed by atoms with Gasteiger partial charge in [-0.05, 0) is 24.3 Å². The van der Waals surface area contributed by atoms with E-state index in [-0.39, 0.29) is 0 Å². The zero-order valence-corrected chi connectivity index (χ0v) is 17.3. The van der Waals surface area contributed by atoms with Crippen LogP contribution < -0.4 is 0 Å². The molecule has 0 atom stereocenters. The lowest BCUT2D eigenvalue weighted by atomic mass is 10.2. The van der Waals surface area contributed by atoms with E-state index in [0.717, 1.165) is 15.5 Å². The van der Waals surface area contributed by atoms with E-state index in [1.165, 1.54) is 21.8 Å². The molecular formula is C19H21Br2NO3. The molecule has 1 aromatic heterocycles. The highest BCUT2D eigenvalue weighted by Gasteiger charge is 2.11. The molecule has 0 aliphatic carbocycles. The number of benzene rings is 2. The van der Waals surface area contributed by atoms with Gasteiger partial charge >= 0.3 is 0 Å². The van der Waals surface area contributed by atoms with Gasteiger partial charge in [0.05, 0.1) is 44.1 Å². The van der Waals surface area contributed by atoms with E-state index in [1.54, 1.807) is 7.11 Å². The number of aromatic nitrogens is 1. The molecule has 0 amide bonds. The molecule has 0 fully saturated rings. The summed E-state index contributed by atoms with van der Waals surface area (Å²) in [7, 11) is 1.67. The van der Waals surface area contributed by atoms with Crippen molar-refractivity contribution in [3.05, 3.63) is 45.3 Å². The quantitative estimate of drug-likeness (QED) is 0.412. The second-order valence-electron chi connectivity index (χ2n) is 5.69. The largest absolute Gasteiger partial charge is 0.382 e. The van der Waals surface area contributed by atoms with Gasteiger partial charge in [-0.3, -0.25) is 0 Å². The molecule has 0 aliphatic heterocycles. The monoisotopic (exact) mass is 469 g/mol. The number of methoxy groups -OCH3 is 1. The molecule has 2 aromatic carbocycles. The highest BCUT2D eigenvalue weighted by molar-refractivity contribution is 9.10. The Morgan fingerprint density at radius 3 is 1.84 bits per heavy atom. The minimum Gasteiger partial charge on any atom is -0.382 e. The van der Waals surface area contributed by atoms with Crippen LogP contribution in [-0.2, 0) is 20.8 Å². The lowest BCUT2D eigenvalue weighted by molar-refractivity contribution is 0.0234. The van der Waals surface area contributed by atoms with E-state index in [1.807, 2.05) is 0 Å². The molecule has 0 saturated heterocycles. The van der Waals surface area contributed by atoms with Gasteiger partial charge in [-0.15, -0.1) is 0 Å². The Morgan fingerprint density at radius 2 is 1.28 bits per heavy atom. The van der Waals surface area contributed by atoms with Crippen LogP contribution >= 0.6 is 31.9 Å². The smallest absolute Gasteiger partial charge is 0.0701 e. The van der Waals surface area contributed by atoms with Crippen LogP contribution in [0.4, 0.5) is 0 Å². The summed E-state index contributed by atoms with van der Waals surface area (Å²) in [6.07, 6.45) is 0. The Bertz CT molecular complexity index is 788. The third kappa shape index (κ3) is 4.63. The molecule has 0 saturated carbocycles. The van der Waals surface area contributed by atoms with Gasteiger partial charge in [0.1, 0.15) is 0 Å². The van der Waals surface area contributed by atoms with E-state index >= 15 is 0 Å². The van der Waals surface area contributed by atoms with Crippen molar-refractivity contribution in [1.82, 2.24) is 4.57 Å². The van der Waals surface area contributed by atoms with Crippen LogP contribution in [0.15, 0.2) is 45.3 Å². The highest BCUT2D eigenvalue weighted by atomic mass is 79.9. The standard InChI is InChI=1S/C19H21Br2NO3/c1-23-8-9-25-11-10-24-7-6-22-18-12-14(20)2-4-16(18)17-5-3-15(21)13-19(17)22/h2-5,12-13H,6-11H2,1H3. The Balaban J connectivity index is 1.71. The Labute approximate surface area is 164 Å². The van der Waals surface area contributed by atoms with Gasteiger partial charge in [0.2, 0.25) is 0 Å². The summed E-state index contributed by atoms with van der Waals surface area (Å²) in [5.41, 5.74) is 2.42. The first kappa shape index (κ1) is 18.9. The molecule has 134 valence electrons. The van der Waals surface area contributed by atoms with Crippen molar-refractivity contribution >= 4 is 53.7 Å². The number of halogens is 2. The van der Waals surface area contributed by atoms with Gasteiger partial charge in [0.15, 0.2) is 0 Å². The maximum absolute atomic E-state index is 5.74. The van der Waals surface area contributed by atoms with E-state index < -0.39 is 0 Å². The second-order valence-corrected chi connectivity index (χ2v) is 7.52. The summed E-state index contributed by atoms with van der Waals surface area (Å²) in [6.45, 7) is 3.85. The minimum absolute atomic E-state index is 0.591. The van der Waals surface area contributed by atoms with Crippen LogP contribution in [-0.4, -0.2) is 44.7 Å². The molecule has 4 nitrogen and oxygen atoms in total. The predicted octanol–water partition coefficient (Wildman–Crippen LogP) is 5.00. The summed E-state index contributed by atoms with van der Waals surface area (Å²) >= 11 is 7.16. The van der Waals surface area contributed by atoms with Crippen molar-refractivity contribution in [3.63, 3.8) is 0 Å². The fourth-order valence-electron chi connectivity index (χ4n) is 2.90. The summed E-state index contributed by atoms with van der Waals surface area (Å²) in [4.78, 5) is 0. The molecule has 3 rings (SSSR count). The molecule has 0 unspecified atom stereocenters. The number of rotatable bonds is 9. The minimum atomic E-state index is 0.591. The first-order valence-electron chi connectivity index (χ1n) is 8.22. The van der Waals surface area contributed by atoms with Crippen molar-refractivity contribution < 1.29 is 14.2 Å². The van der Waals surface area contributed by atoms with Crippen molar-refractivity contribution in [2.75, 3.05) is 40.1 Å². The third-order valence-electron chi connectivity index (χ3n) is 4.05. The van der Waals surface area contributed by atoms with Crippen LogP contribution in [0, 0.1) is 0 Å². The summed E-state index contributed by atoms with van der Waals surface area (Å²) in [5.74, 6) is 0. The maximum Gasteiger partial charge on any atom is 0.0701 e. The van der Waals surface area contributed by atoms with E-state index in [2.05, 4.69) is 72.8 Å². The van der Waals surface area contributed by atoms with Gasteiger partial charge in [-0.1, -0.05) is 44.0 Å². The summed E-state index contributed by atoms with van der Waals surface area (Å²) in [5, 5.41) is 2.52. The molecule has 3 aromatic rings. The fourth-order valence-corrected chi connectivity index (χ4v) is 3.60. The number of ether oxygens (including phenoxy) is 3. The number of fused-ring (bicyclic) bond motifs is 3. The second kappa shape index (κ2) is 9.14. The molecule has 25 heavy (non-hydrogen) atoms. The van der Waals surface area contributed by atoms with Crippen LogP contribution in [0.2, 0.25) is 0 Å². The van der Waals surface area contributed by atoms with Gasteiger partial charge in [0, 0.05) is 33.4 Å². The van der Waals surface area contributed by atoms with E-state index in [4.69, 9.17) is 14.2 Å². The Kier molecular flexibility index (Phi) is 6.90. The van der Waals surface area contributed by atoms with E-state index in [0.29, 0.717) is 33.0 Å². The van der Waals surface area contributed by atoms with Crippen molar-refractivity contribution in [3.8, 4) is 0 Å². The summed E-state index contributed by atoms with van der Waals surface area (Å²) in [6, 6.07) is 12.8. The van der Waals surface area contributed by atoms with Crippen LogP contribution in [0.1, 0.15) is 0 Å². The van der Waals surface area contributed by atoms with Crippen molar-refractivity contribution in [2.24, 2.45) is 0 Å². The van der Waals surface area contributed by atoms with Crippen LogP contribution in [0.25, 0.3) is 21.8 Å². The van der Waals surface area contributed by atoms with Gasteiger partial charge < -0.3 is 18.8 Å². The molecule has 1 heterocycles. The fraction of sp³-hybridized carbons (Fsp3) is 0.368. The molecule has 0 N–H and O–H groups in total. The average molecular weight is 471 g/mol. The Hall–Kier alpha value is -0.920. The topological polar surface area (TPSA) is 32.6 Å². The highest BCUT2D eigenvalue weighted by Crippen LogP contribution is 2.32. The third-order valence-corrected chi connectivity index (χ3v) is 5.04. The number of hydrogen-bond donors (Lipinski definition) is 0. The van der Waals surface area contributed by atoms with Gasteiger partial charge in [0.25, 0.3) is 0 Å². The lowest BCUT2D eigenvalue weighted by Crippen LogP contribution is -2.11. The molecule has 6 heteroatoms. The van der Waals surface area contributed by atoms with Crippen LogP contribution in [0.5, 0.6) is 0 Å². The number of hydrogen-bond acceptors (Lipinski definition) is 3. The summed E-state index contributed by atoms with van der Waals surface area (Å²) < 4.78 is 20.6. The normalized spacial score (nSPS) is 11.6. The predicted molar refractivity (Wildman–Crippen MR) is 108 cm³/mol. The lowest BCUT2D eigenvalue weighted by Gasteiger charge is -2.09. The van der Waals surface area contributed by atoms with Crippen molar-refractivity contribution in [1.29, 1.82) is 0 Å². The van der Waals surface area contributed by atoms with E-state index in [9.17, 15) is 0 Å². The molecule has 0 spiro atoms. The first-order chi connectivity index (χ1) is 12.2. The maximum atomic E-state index is 5.74. The van der Waals surface area contributed by atoms with Crippen LogP contribution in [0.3, 0.4) is 0 Å². The average Bonchev–Trinajstić information content (AvgIpc) is 2.89. The zero-order chi connectivity index (χ0) is 17.6. The van der Waals surface area contributed by atoms with Gasteiger partial charge in [-0.25, -0.2) is 0 Å². The first-order valence-corrected chi connectivity index (χ1v) is 9.81. The van der Waals surface area contributed by atoms with Crippen molar-refractivity contribution in [2.45, 2.75) is 6.54 Å². The molecule has 0 aliphatic rings. The Morgan fingerprint density at radius 1 is 0.760 bits per heavy atom. The SMILES string of the molecule is COCCOCCOCCn1c2cc(Br)ccc2c2ccc(Br)cc21. The van der Waals surface area contributed by atoms with Gasteiger partial charge in [-0.2, -0.15) is 0 Å². The molecular weight excluding hydrogens is 450 g/mol. The number of nitrogens with zero attached hydrogens (tertiary/aromatic N) is 1.